The van der Waals surface area contributed by atoms with Crippen LogP contribution in [0.5, 0.6) is 0 Å². The molecule has 2 heterocycles. The number of Topliss-reactive ketones (excluding diaryl/α,β-unsaturated/α-hetero) is 1. The first-order chi connectivity index (χ1) is 14.9. The minimum absolute atomic E-state index is 0.0133. The molecular formula is C23H16N3O5-. The molecule has 0 amide bonds. The second kappa shape index (κ2) is 6.66. The van der Waals surface area contributed by atoms with Crippen LogP contribution in [0.15, 0.2) is 63.7 Å². The third-order valence-electron chi connectivity index (χ3n) is 5.81. The van der Waals surface area contributed by atoms with Gasteiger partial charge in [0.1, 0.15) is 5.82 Å². The molecule has 0 saturated carbocycles. The average Bonchev–Trinajstić information content (AvgIpc) is 3.05. The number of rotatable bonds is 3. The Morgan fingerprint density at radius 1 is 1.03 bits per heavy atom. The van der Waals surface area contributed by atoms with Gasteiger partial charge in [0.05, 0.1) is 17.2 Å². The van der Waals surface area contributed by atoms with Gasteiger partial charge >= 0.3 is 5.69 Å². The van der Waals surface area contributed by atoms with Crippen molar-refractivity contribution in [1.29, 1.82) is 0 Å². The molecule has 31 heavy (non-hydrogen) atoms. The number of nitrogens with one attached hydrogen (secondary N) is 2. The molecule has 0 unspecified atom stereocenters. The molecule has 5 rings (SSSR count). The van der Waals surface area contributed by atoms with Crippen molar-refractivity contribution >= 4 is 23.3 Å². The quantitative estimate of drug-likeness (QED) is 0.661. The number of anilines is 1. The zero-order valence-electron chi connectivity index (χ0n) is 16.4. The summed E-state index contributed by atoms with van der Waals surface area (Å²) in [4.78, 5) is 52.2. The van der Waals surface area contributed by atoms with E-state index in [-0.39, 0.29) is 16.9 Å². The molecule has 8 nitrogen and oxygen atoms in total. The number of aromatic carboxylic acids is 1. The monoisotopic (exact) mass is 414 g/mol. The number of nitrogens with zero attached hydrogens (tertiary/aromatic N) is 1. The summed E-state index contributed by atoms with van der Waals surface area (Å²) in [5.41, 5.74) is 1.78. The van der Waals surface area contributed by atoms with Crippen LogP contribution in [-0.2, 0) is 6.54 Å². The molecule has 1 aliphatic heterocycles. The number of fused-ring (bicyclic) bond motifs is 3. The lowest BCUT2D eigenvalue weighted by Crippen LogP contribution is -2.38. The van der Waals surface area contributed by atoms with Gasteiger partial charge in [-0.15, -0.1) is 0 Å². The summed E-state index contributed by atoms with van der Waals surface area (Å²) < 4.78 is 1.41. The topological polar surface area (TPSA) is 124 Å². The van der Waals surface area contributed by atoms with Crippen molar-refractivity contribution in [3.63, 3.8) is 0 Å². The zero-order valence-corrected chi connectivity index (χ0v) is 16.4. The van der Waals surface area contributed by atoms with Crippen LogP contribution in [0.25, 0.3) is 5.70 Å². The summed E-state index contributed by atoms with van der Waals surface area (Å²) in [5, 5.41) is 14.3. The number of carbonyl (C=O) groups is 2. The van der Waals surface area contributed by atoms with Gasteiger partial charge in [0, 0.05) is 29.2 Å². The van der Waals surface area contributed by atoms with Crippen LogP contribution in [0, 0.1) is 0 Å². The third kappa shape index (κ3) is 2.61. The molecule has 1 aromatic heterocycles. The molecule has 0 spiro atoms. The highest BCUT2D eigenvalue weighted by atomic mass is 16.4. The van der Waals surface area contributed by atoms with Crippen molar-refractivity contribution < 1.29 is 14.7 Å². The fourth-order valence-electron chi connectivity index (χ4n) is 4.41. The number of ketones is 1. The number of hydrogen-bond donors (Lipinski definition) is 2. The van der Waals surface area contributed by atoms with Gasteiger partial charge in [0.15, 0.2) is 5.78 Å². The Bertz CT molecular complexity index is 1430. The van der Waals surface area contributed by atoms with Crippen molar-refractivity contribution in [2.45, 2.75) is 19.4 Å². The van der Waals surface area contributed by atoms with Crippen molar-refractivity contribution in [1.82, 2.24) is 9.55 Å². The minimum atomic E-state index is -1.32. The van der Waals surface area contributed by atoms with E-state index >= 15 is 0 Å². The average molecular weight is 414 g/mol. The van der Waals surface area contributed by atoms with Gasteiger partial charge in [-0.25, -0.2) is 4.79 Å². The molecule has 2 aromatic carbocycles. The third-order valence-corrected chi connectivity index (χ3v) is 5.81. The highest BCUT2D eigenvalue weighted by Gasteiger charge is 2.42. The van der Waals surface area contributed by atoms with E-state index in [0.717, 1.165) is 0 Å². The molecule has 2 aliphatic rings. The maximum absolute atomic E-state index is 13.3. The summed E-state index contributed by atoms with van der Waals surface area (Å²) >= 11 is 0. The molecule has 154 valence electrons. The summed E-state index contributed by atoms with van der Waals surface area (Å²) in [5.74, 6) is -1.98. The Balaban J connectivity index is 1.83. The lowest BCUT2D eigenvalue weighted by atomic mass is 9.81. The SMILES string of the molecule is CCn1c2c(c(=O)[nH]c1=O)[C@@H](c1ccc(C(=O)[O-])cc1)C1=C(N2)c2ccccc2C1=O. The molecule has 1 aliphatic carbocycles. The van der Waals surface area contributed by atoms with Crippen LogP contribution in [0.3, 0.4) is 0 Å². The summed E-state index contributed by atoms with van der Waals surface area (Å²) in [6.07, 6.45) is 0. The number of H-pyrrole nitrogens is 1. The normalized spacial score (nSPS) is 16.4. The minimum Gasteiger partial charge on any atom is -0.545 e. The largest absolute Gasteiger partial charge is 0.545 e. The first-order valence-electron chi connectivity index (χ1n) is 9.76. The van der Waals surface area contributed by atoms with Crippen LogP contribution in [0.2, 0.25) is 0 Å². The molecule has 0 saturated heterocycles. The standard InChI is InChI=1S/C23H17N3O5/c1-2-26-20-17(21(28)25-23(26)31)15(11-7-9-12(10-8-11)22(29)30)16-18(24-20)13-5-3-4-6-14(13)19(16)27/h3-10,15,24H,2H2,1H3,(H,29,30)(H,25,28,31)/p-1/t15-/m0/s1. The zero-order chi connectivity index (χ0) is 21.9. The summed E-state index contributed by atoms with van der Waals surface area (Å²) in [6, 6.07) is 13.0. The smallest absolute Gasteiger partial charge is 0.329 e. The van der Waals surface area contributed by atoms with E-state index in [2.05, 4.69) is 10.3 Å². The summed E-state index contributed by atoms with van der Waals surface area (Å²) in [6.45, 7) is 2.09. The van der Waals surface area contributed by atoms with E-state index in [4.69, 9.17) is 0 Å². The second-order valence-electron chi connectivity index (χ2n) is 7.40. The Kier molecular flexibility index (Phi) is 4.04. The van der Waals surface area contributed by atoms with E-state index in [1.165, 1.54) is 16.7 Å². The van der Waals surface area contributed by atoms with Gasteiger partial charge in [-0.2, -0.15) is 0 Å². The number of aromatic amines is 1. The molecular weight excluding hydrogens is 398 g/mol. The highest BCUT2D eigenvalue weighted by Crippen LogP contribution is 2.47. The molecule has 0 bridgehead atoms. The first kappa shape index (κ1) is 18.8. The van der Waals surface area contributed by atoms with Crippen LogP contribution in [0.4, 0.5) is 5.82 Å². The molecule has 8 heteroatoms. The summed E-state index contributed by atoms with van der Waals surface area (Å²) in [7, 11) is 0. The Morgan fingerprint density at radius 2 is 1.71 bits per heavy atom. The van der Waals surface area contributed by atoms with Crippen molar-refractivity contribution in [2.75, 3.05) is 5.32 Å². The number of carboxylic acid groups (broad SMARTS) is 1. The molecule has 0 radical (unpaired) electrons. The molecule has 1 atom stereocenters. The maximum atomic E-state index is 13.3. The van der Waals surface area contributed by atoms with E-state index < -0.39 is 23.1 Å². The number of benzene rings is 2. The molecule has 2 N–H and O–H groups in total. The second-order valence-corrected chi connectivity index (χ2v) is 7.40. The van der Waals surface area contributed by atoms with Crippen LogP contribution in [-0.4, -0.2) is 21.3 Å². The van der Waals surface area contributed by atoms with E-state index in [0.29, 0.717) is 40.3 Å². The Hall–Kier alpha value is -4.20. The Labute approximate surface area is 175 Å². The van der Waals surface area contributed by atoms with Crippen LogP contribution >= 0.6 is 0 Å². The predicted octanol–water partition coefficient (Wildman–Crippen LogP) is 1.08. The Morgan fingerprint density at radius 3 is 2.35 bits per heavy atom. The van der Waals surface area contributed by atoms with Crippen molar-refractivity contribution in [3.05, 3.63) is 103 Å². The molecule has 0 fully saturated rings. The van der Waals surface area contributed by atoms with Crippen LogP contribution < -0.4 is 21.7 Å². The van der Waals surface area contributed by atoms with Gasteiger partial charge in [-0.3, -0.25) is 19.1 Å². The van der Waals surface area contributed by atoms with Gasteiger partial charge in [-0.05, 0) is 18.1 Å². The number of allylic oxidation sites excluding steroid dienone is 1. The van der Waals surface area contributed by atoms with Crippen molar-refractivity contribution in [2.24, 2.45) is 0 Å². The number of hydrogen-bond acceptors (Lipinski definition) is 6. The lowest BCUT2D eigenvalue weighted by Gasteiger charge is -2.29. The highest BCUT2D eigenvalue weighted by molar-refractivity contribution is 6.23. The number of aromatic nitrogens is 2. The van der Waals surface area contributed by atoms with Gasteiger partial charge in [-0.1, -0.05) is 48.5 Å². The fourth-order valence-corrected chi connectivity index (χ4v) is 4.41. The lowest BCUT2D eigenvalue weighted by molar-refractivity contribution is -0.255. The van der Waals surface area contributed by atoms with Gasteiger partial charge in [0.25, 0.3) is 5.56 Å². The molecule has 3 aromatic rings. The van der Waals surface area contributed by atoms with Gasteiger partial charge in [0.2, 0.25) is 0 Å². The van der Waals surface area contributed by atoms with E-state index in [9.17, 15) is 24.3 Å². The number of carbonyl (C=O) groups excluding carboxylic acids is 2. The van der Waals surface area contributed by atoms with Gasteiger partial charge < -0.3 is 15.2 Å². The van der Waals surface area contributed by atoms with Crippen molar-refractivity contribution in [3.8, 4) is 0 Å². The van der Waals surface area contributed by atoms with E-state index in [1.807, 2.05) is 12.1 Å². The predicted molar refractivity (Wildman–Crippen MR) is 111 cm³/mol. The number of carboxylic acids is 1. The fraction of sp³-hybridized carbons (Fsp3) is 0.130. The van der Waals surface area contributed by atoms with Crippen LogP contribution in [0.1, 0.15) is 50.2 Å². The first-order valence-corrected chi connectivity index (χ1v) is 9.76. The van der Waals surface area contributed by atoms with E-state index in [1.54, 1.807) is 31.2 Å². The maximum Gasteiger partial charge on any atom is 0.329 e.